The van der Waals surface area contributed by atoms with E-state index in [-0.39, 0.29) is 5.82 Å². The fourth-order valence-electron chi connectivity index (χ4n) is 1.36. The van der Waals surface area contributed by atoms with Crippen LogP contribution in [0.25, 0.3) is 0 Å². The number of aliphatic hydroxyl groups excluding tert-OH is 1. The summed E-state index contributed by atoms with van der Waals surface area (Å²) in [5, 5.41) is 9.21. The van der Waals surface area contributed by atoms with E-state index in [9.17, 15) is 9.50 Å². The maximum absolute atomic E-state index is 13.2. The van der Waals surface area contributed by atoms with Gasteiger partial charge in [-0.3, -0.25) is 0 Å². The van der Waals surface area contributed by atoms with E-state index in [0.717, 1.165) is 0 Å². The second-order valence-corrected chi connectivity index (χ2v) is 3.47. The molecule has 1 rings (SSSR count). The van der Waals surface area contributed by atoms with E-state index < -0.39 is 6.10 Å². The van der Waals surface area contributed by atoms with Gasteiger partial charge in [0, 0.05) is 6.42 Å². The Hall–Kier alpha value is -1.09. The molecule has 0 amide bonds. The molecule has 1 atom stereocenters. The van der Waals surface area contributed by atoms with E-state index in [1.54, 1.807) is 19.9 Å². The SMILES string of the molecule is COc1cc(C)c(F)cc1C[C@H](C)O. The first-order chi connectivity index (χ1) is 6.54. The molecule has 0 heterocycles. The lowest BCUT2D eigenvalue weighted by Crippen LogP contribution is -2.06. The molecule has 2 nitrogen and oxygen atoms in total. The molecule has 1 aromatic rings. The minimum atomic E-state index is -0.494. The number of ether oxygens (including phenoxy) is 1. The fourth-order valence-corrected chi connectivity index (χ4v) is 1.36. The summed E-state index contributed by atoms with van der Waals surface area (Å²) < 4.78 is 18.3. The standard InChI is InChI=1S/C11H15FO2/c1-7-4-11(14-3)9(5-8(2)13)6-10(7)12/h4,6,8,13H,5H2,1-3H3/t8-/m0/s1. The molecule has 0 unspecified atom stereocenters. The van der Waals surface area contributed by atoms with Crippen LogP contribution < -0.4 is 4.74 Å². The van der Waals surface area contributed by atoms with Gasteiger partial charge in [-0.2, -0.15) is 0 Å². The van der Waals surface area contributed by atoms with Crippen molar-refractivity contribution in [1.29, 1.82) is 0 Å². The summed E-state index contributed by atoms with van der Waals surface area (Å²) in [6.45, 7) is 3.35. The van der Waals surface area contributed by atoms with E-state index in [1.807, 2.05) is 0 Å². The highest BCUT2D eigenvalue weighted by Gasteiger charge is 2.09. The predicted octanol–water partition coefficient (Wildman–Crippen LogP) is 2.07. The average Bonchev–Trinajstić information content (AvgIpc) is 2.10. The Morgan fingerprint density at radius 1 is 1.50 bits per heavy atom. The monoisotopic (exact) mass is 198 g/mol. The van der Waals surface area contributed by atoms with Gasteiger partial charge in [-0.15, -0.1) is 0 Å². The predicted molar refractivity (Wildman–Crippen MR) is 53.1 cm³/mol. The van der Waals surface area contributed by atoms with Gasteiger partial charge in [0.2, 0.25) is 0 Å². The molecule has 0 aliphatic heterocycles. The lowest BCUT2D eigenvalue weighted by Gasteiger charge is -2.11. The molecule has 0 fully saturated rings. The van der Waals surface area contributed by atoms with Crippen molar-refractivity contribution >= 4 is 0 Å². The number of halogens is 1. The average molecular weight is 198 g/mol. The van der Waals surface area contributed by atoms with Crippen molar-refractivity contribution in [3.8, 4) is 5.75 Å². The summed E-state index contributed by atoms with van der Waals surface area (Å²) in [7, 11) is 1.54. The molecule has 78 valence electrons. The van der Waals surface area contributed by atoms with Gasteiger partial charge in [0.15, 0.2) is 0 Å². The Bertz CT molecular complexity index is 321. The molecule has 0 saturated carbocycles. The fraction of sp³-hybridized carbons (Fsp3) is 0.455. The highest BCUT2D eigenvalue weighted by atomic mass is 19.1. The third-order valence-corrected chi connectivity index (χ3v) is 2.08. The number of rotatable bonds is 3. The van der Waals surface area contributed by atoms with Crippen LogP contribution >= 0.6 is 0 Å². The number of aryl methyl sites for hydroxylation is 1. The molecule has 1 aromatic carbocycles. The third-order valence-electron chi connectivity index (χ3n) is 2.08. The summed E-state index contributed by atoms with van der Waals surface area (Å²) in [5.41, 5.74) is 1.25. The van der Waals surface area contributed by atoms with E-state index >= 15 is 0 Å². The molecule has 1 N–H and O–H groups in total. The summed E-state index contributed by atoms with van der Waals surface area (Å²) in [4.78, 5) is 0. The lowest BCUT2D eigenvalue weighted by molar-refractivity contribution is 0.194. The molecule has 0 aromatic heterocycles. The highest BCUT2D eigenvalue weighted by Crippen LogP contribution is 2.23. The van der Waals surface area contributed by atoms with Crippen molar-refractivity contribution in [3.63, 3.8) is 0 Å². The summed E-state index contributed by atoms with van der Waals surface area (Å²) >= 11 is 0. The van der Waals surface area contributed by atoms with Crippen LogP contribution in [0.3, 0.4) is 0 Å². The first-order valence-electron chi connectivity index (χ1n) is 4.55. The van der Waals surface area contributed by atoms with Gasteiger partial charge in [-0.25, -0.2) is 4.39 Å². The Balaban J connectivity index is 3.07. The van der Waals surface area contributed by atoms with Crippen LogP contribution in [-0.2, 0) is 6.42 Å². The summed E-state index contributed by atoms with van der Waals surface area (Å²) in [5.74, 6) is 0.367. The largest absolute Gasteiger partial charge is 0.496 e. The van der Waals surface area contributed by atoms with E-state index in [1.165, 1.54) is 13.2 Å². The quantitative estimate of drug-likeness (QED) is 0.805. The minimum Gasteiger partial charge on any atom is -0.496 e. The molecule has 0 bridgehead atoms. The molecule has 0 spiro atoms. The first kappa shape index (κ1) is 11.0. The van der Waals surface area contributed by atoms with E-state index in [4.69, 9.17) is 4.74 Å². The summed E-state index contributed by atoms with van der Waals surface area (Å²) in [6, 6.07) is 3.06. The maximum atomic E-state index is 13.2. The zero-order chi connectivity index (χ0) is 10.7. The van der Waals surface area contributed by atoms with E-state index in [2.05, 4.69) is 0 Å². The first-order valence-corrected chi connectivity index (χ1v) is 4.55. The molecule has 0 saturated heterocycles. The van der Waals surface area contributed by atoms with Crippen LogP contribution in [0, 0.1) is 12.7 Å². The third kappa shape index (κ3) is 2.45. The molecule has 3 heteroatoms. The minimum absolute atomic E-state index is 0.263. The van der Waals surface area contributed by atoms with Crippen LogP contribution in [0.15, 0.2) is 12.1 Å². The van der Waals surface area contributed by atoms with Gasteiger partial charge >= 0.3 is 0 Å². The smallest absolute Gasteiger partial charge is 0.126 e. The zero-order valence-corrected chi connectivity index (χ0v) is 8.67. The van der Waals surface area contributed by atoms with Crippen molar-refractivity contribution in [2.75, 3.05) is 7.11 Å². The van der Waals surface area contributed by atoms with Gasteiger partial charge in [0.05, 0.1) is 13.2 Å². The van der Waals surface area contributed by atoms with Crippen molar-refractivity contribution in [2.45, 2.75) is 26.4 Å². The Morgan fingerprint density at radius 2 is 2.14 bits per heavy atom. The van der Waals surface area contributed by atoms with Crippen LogP contribution in [0.5, 0.6) is 5.75 Å². The molecule has 14 heavy (non-hydrogen) atoms. The molecular weight excluding hydrogens is 183 g/mol. The Labute approximate surface area is 83.3 Å². The van der Waals surface area contributed by atoms with Gasteiger partial charge in [-0.05, 0) is 37.1 Å². The topological polar surface area (TPSA) is 29.5 Å². The van der Waals surface area contributed by atoms with Crippen molar-refractivity contribution < 1.29 is 14.2 Å². The zero-order valence-electron chi connectivity index (χ0n) is 8.67. The highest BCUT2D eigenvalue weighted by molar-refractivity contribution is 5.38. The lowest BCUT2D eigenvalue weighted by atomic mass is 10.0. The second kappa shape index (κ2) is 4.42. The van der Waals surface area contributed by atoms with Crippen molar-refractivity contribution in [2.24, 2.45) is 0 Å². The molecule has 0 aliphatic rings. The van der Waals surface area contributed by atoms with Gasteiger partial charge in [0.25, 0.3) is 0 Å². The second-order valence-electron chi connectivity index (χ2n) is 3.47. The van der Waals surface area contributed by atoms with Crippen LogP contribution in [0.1, 0.15) is 18.1 Å². The molecule has 0 aliphatic carbocycles. The summed E-state index contributed by atoms with van der Waals surface area (Å²) in [6.07, 6.45) is -0.0913. The van der Waals surface area contributed by atoms with Crippen molar-refractivity contribution in [1.82, 2.24) is 0 Å². The number of methoxy groups -OCH3 is 1. The number of hydrogen-bond acceptors (Lipinski definition) is 2. The number of aliphatic hydroxyl groups is 1. The van der Waals surface area contributed by atoms with Gasteiger partial charge < -0.3 is 9.84 Å². The normalized spacial score (nSPS) is 12.6. The van der Waals surface area contributed by atoms with Crippen LogP contribution in [-0.4, -0.2) is 18.3 Å². The molecular formula is C11H15FO2. The maximum Gasteiger partial charge on any atom is 0.126 e. The van der Waals surface area contributed by atoms with E-state index in [0.29, 0.717) is 23.3 Å². The van der Waals surface area contributed by atoms with Gasteiger partial charge in [0.1, 0.15) is 11.6 Å². The Kier molecular flexibility index (Phi) is 3.47. The van der Waals surface area contributed by atoms with Gasteiger partial charge in [-0.1, -0.05) is 0 Å². The number of benzene rings is 1. The Morgan fingerprint density at radius 3 is 2.64 bits per heavy atom. The van der Waals surface area contributed by atoms with Crippen molar-refractivity contribution in [3.05, 3.63) is 29.1 Å². The van der Waals surface area contributed by atoms with Crippen LogP contribution in [0.4, 0.5) is 4.39 Å². The van der Waals surface area contributed by atoms with Crippen LogP contribution in [0.2, 0.25) is 0 Å². The number of hydrogen-bond donors (Lipinski definition) is 1. The molecule has 0 radical (unpaired) electrons.